The number of carboxylic acid groups (broad SMARTS) is 1. The monoisotopic (exact) mass is 275 g/mol. The van der Waals surface area contributed by atoms with Gasteiger partial charge in [0.25, 0.3) is 0 Å². The van der Waals surface area contributed by atoms with E-state index in [0.717, 1.165) is 12.1 Å². The molecule has 1 aliphatic rings. The van der Waals surface area contributed by atoms with Crippen LogP contribution >= 0.6 is 0 Å². The molecular formula is C15H14FNO3. The molecule has 0 aliphatic carbocycles. The van der Waals surface area contributed by atoms with E-state index in [-0.39, 0.29) is 18.1 Å². The van der Waals surface area contributed by atoms with Crippen molar-refractivity contribution in [1.82, 2.24) is 4.57 Å². The van der Waals surface area contributed by atoms with Crippen LogP contribution in [0.1, 0.15) is 41.7 Å². The minimum Gasteiger partial charge on any atom is -0.481 e. The summed E-state index contributed by atoms with van der Waals surface area (Å²) >= 11 is 0. The van der Waals surface area contributed by atoms with Gasteiger partial charge in [0, 0.05) is 29.1 Å². The number of ketones is 1. The lowest BCUT2D eigenvalue weighted by atomic mass is 9.99. The van der Waals surface area contributed by atoms with Gasteiger partial charge in [0.1, 0.15) is 5.82 Å². The number of carbonyl (C=O) groups is 2. The smallest absolute Gasteiger partial charge is 0.304 e. The van der Waals surface area contributed by atoms with Gasteiger partial charge in [-0.15, -0.1) is 0 Å². The van der Waals surface area contributed by atoms with Crippen molar-refractivity contribution in [2.24, 2.45) is 0 Å². The van der Waals surface area contributed by atoms with Gasteiger partial charge in [-0.1, -0.05) is 0 Å². The van der Waals surface area contributed by atoms with Gasteiger partial charge in [-0.2, -0.15) is 0 Å². The van der Waals surface area contributed by atoms with Gasteiger partial charge < -0.3 is 9.67 Å². The zero-order chi connectivity index (χ0) is 14.4. The number of aromatic nitrogens is 1. The molecule has 1 N–H and O–H groups in total. The van der Waals surface area contributed by atoms with Gasteiger partial charge >= 0.3 is 5.97 Å². The first-order valence-electron chi connectivity index (χ1n) is 6.53. The third kappa shape index (κ3) is 1.90. The van der Waals surface area contributed by atoms with E-state index in [2.05, 4.69) is 0 Å². The quantitative estimate of drug-likeness (QED) is 0.876. The highest BCUT2D eigenvalue weighted by Crippen LogP contribution is 2.37. The van der Waals surface area contributed by atoms with Gasteiger partial charge in [0.15, 0.2) is 5.78 Å². The SMILES string of the molecule is CC(=O)c1cc(F)cc2c1cc1n2CCC1CC(=O)O. The van der Waals surface area contributed by atoms with E-state index in [0.29, 0.717) is 23.0 Å². The van der Waals surface area contributed by atoms with Crippen molar-refractivity contribution in [1.29, 1.82) is 0 Å². The number of hydrogen-bond acceptors (Lipinski definition) is 2. The number of Topliss-reactive ketones (excluding diaryl/α,β-unsaturated/α-hetero) is 1. The van der Waals surface area contributed by atoms with Crippen molar-refractivity contribution in [3.8, 4) is 0 Å². The average molecular weight is 275 g/mol. The van der Waals surface area contributed by atoms with E-state index in [1.165, 1.54) is 19.1 Å². The molecule has 1 atom stereocenters. The van der Waals surface area contributed by atoms with Crippen molar-refractivity contribution in [3.63, 3.8) is 0 Å². The molecule has 1 aromatic heterocycles. The molecule has 104 valence electrons. The molecule has 0 saturated heterocycles. The normalized spacial score (nSPS) is 17.4. The van der Waals surface area contributed by atoms with E-state index in [9.17, 15) is 14.0 Å². The van der Waals surface area contributed by atoms with Crippen molar-refractivity contribution in [2.75, 3.05) is 0 Å². The molecule has 1 unspecified atom stereocenters. The summed E-state index contributed by atoms with van der Waals surface area (Å²) in [5.41, 5.74) is 1.92. The molecule has 0 radical (unpaired) electrons. The molecule has 0 saturated carbocycles. The number of rotatable bonds is 3. The summed E-state index contributed by atoms with van der Waals surface area (Å²) in [5.74, 6) is -1.53. The Balaban J connectivity index is 2.20. The Morgan fingerprint density at radius 2 is 2.15 bits per heavy atom. The Morgan fingerprint density at radius 1 is 1.40 bits per heavy atom. The van der Waals surface area contributed by atoms with Crippen LogP contribution in [0.5, 0.6) is 0 Å². The number of nitrogens with zero attached hydrogens (tertiary/aromatic N) is 1. The Labute approximate surface area is 114 Å². The standard InChI is InChI=1S/C15H14FNO3/c1-8(18)11-5-10(16)6-14-12(11)7-13-9(4-15(19)20)2-3-17(13)14/h5-7,9H,2-4H2,1H3,(H,19,20). The molecule has 0 spiro atoms. The van der Waals surface area contributed by atoms with Crippen LogP contribution in [-0.2, 0) is 11.3 Å². The van der Waals surface area contributed by atoms with Gasteiger partial charge in [-0.3, -0.25) is 9.59 Å². The molecule has 3 rings (SSSR count). The van der Waals surface area contributed by atoms with Crippen LogP contribution in [0.15, 0.2) is 18.2 Å². The highest BCUT2D eigenvalue weighted by atomic mass is 19.1. The van der Waals surface area contributed by atoms with Gasteiger partial charge in [0.2, 0.25) is 0 Å². The Hall–Kier alpha value is -2.17. The van der Waals surface area contributed by atoms with Crippen molar-refractivity contribution < 1.29 is 19.1 Å². The first-order valence-corrected chi connectivity index (χ1v) is 6.53. The van der Waals surface area contributed by atoms with Crippen molar-refractivity contribution >= 4 is 22.7 Å². The summed E-state index contributed by atoms with van der Waals surface area (Å²) in [6.07, 6.45) is 0.803. The summed E-state index contributed by atoms with van der Waals surface area (Å²) < 4.78 is 15.6. The maximum absolute atomic E-state index is 13.7. The fraction of sp³-hybridized carbons (Fsp3) is 0.333. The van der Waals surface area contributed by atoms with Gasteiger partial charge in [-0.05, 0) is 31.5 Å². The van der Waals surface area contributed by atoms with E-state index in [4.69, 9.17) is 5.11 Å². The third-order valence-corrected chi connectivity index (χ3v) is 3.94. The summed E-state index contributed by atoms with van der Waals surface area (Å²) in [6, 6.07) is 4.49. The van der Waals surface area contributed by atoms with E-state index in [1.54, 1.807) is 0 Å². The molecule has 0 amide bonds. The van der Waals surface area contributed by atoms with Crippen LogP contribution in [0.2, 0.25) is 0 Å². The highest BCUT2D eigenvalue weighted by molar-refractivity contribution is 6.07. The summed E-state index contributed by atoms with van der Waals surface area (Å²) in [7, 11) is 0. The molecular weight excluding hydrogens is 261 g/mol. The number of aliphatic carboxylic acids is 1. The Bertz CT molecular complexity index is 732. The van der Waals surface area contributed by atoms with Crippen molar-refractivity contribution in [3.05, 3.63) is 35.3 Å². The number of aryl methyl sites for hydroxylation is 1. The number of carboxylic acids is 1. The molecule has 1 aromatic carbocycles. The second-order valence-corrected chi connectivity index (χ2v) is 5.25. The minimum absolute atomic E-state index is 0.0637. The topological polar surface area (TPSA) is 59.3 Å². The predicted molar refractivity (Wildman–Crippen MR) is 71.5 cm³/mol. The lowest BCUT2D eigenvalue weighted by Crippen LogP contribution is -2.02. The highest BCUT2D eigenvalue weighted by Gasteiger charge is 2.28. The van der Waals surface area contributed by atoms with Crippen molar-refractivity contribution in [2.45, 2.75) is 32.2 Å². The van der Waals surface area contributed by atoms with Crippen LogP contribution in [0.25, 0.3) is 10.9 Å². The fourth-order valence-corrected chi connectivity index (χ4v) is 3.07. The van der Waals surface area contributed by atoms with Crippen LogP contribution in [0, 0.1) is 5.82 Å². The molecule has 2 aromatic rings. The first kappa shape index (κ1) is 12.8. The zero-order valence-corrected chi connectivity index (χ0v) is 11.0. The van der Waals surface area contributed by atoms with Crippen LogP contribution in [0.3, 0.4) is 0 Å². The summed E-state index contributed by atoms with van der Waals surface area (Å²) in [6.45, 7) is 2.07. The average Bonchev–Trinajstić information content (AvgIpc) is 2.88. The molecule has 1 aliphatic heterocycles. The van der Waals surface area contributed by atoms with E-state index < -0.39 is 11.8 Å². The van der Waals surface area contributed by atoms with Gasteiger partial charge in [0.05, 0.1) is 11.9 Å². The Kier molecular flexibility index (Phi) is 2.85. The van der Waals surface area contributed by atoms with Crippen LogP contribution < -0.4 is 0 Å². The molecule has 20 heavy (non-hydrogen) atoms. The van der Waals surface area contributed by atoms with Gasteiger partial charge in [-0.25, -0.2) is 4.39 Å². The predicted octanol–water partition coefficient (Wildman–Crippen LogP) is 2.95. The summed E-state index contributed by atoms with van der Waals surface area (Å²) in [5, 5.41) is 9.65. The maximum atomic E-state index is 13.7. The maximum Gasteiger partial charge on any atom is 0.304 e. The summed E-state index contributed by atoms with van der Waals surface area (Å²) in [4.78, 5) is 22.5. The molecule has 2 heterocycles. The number of carbonyl (C=O) groups excluding carboxylic acids is 1. The molecule has 5 heteroatoms. The number of fused-ring (bicyclic) bond motifs is 3. The third-order valence-electron chi connectivity index (χ3n) is 3.94. The molecule has 0 fully saturated rings. The second-order valence-electron chi connectivity index (χ2n) is 5.25. The Morgan fingerprint density at radius 3 is 2.80 bits per heavy atom. The van der Waals surface area contributed by atoms with Crippen LogP contribution in [-0.4, -0.2) is 21.4 Å². The second kappa shape index (κ2) is 4.44. The number of hydrogen-bond donors (Lipinski definition) is 1. The minimum atomic E-state index is -0.841. The van der Waals surface area contributed by atoms with E-state index >= 15 is 0 Å². The molecule has 4 nitrogen and oxygen atoms in total. The van der Waals surface area contributed by atoms with E-state index in [1.807, 2.05) is 10.6 Å². The lowest BCUT2D eigenvalue weighted by Gasteiger charge is -2.04. The first-order chi connectivity index (χ1) is 9.47. The number of halogens is 1. The number of benzene rings is 1. The fourth-order valence-electron chi connectivity index (χ4n) is 3.07. The largest absolute Gasteiger partial charge is 0.481 e. The lowest BCUT2D eigenvalue weighted by molar-refractivity contribution is -0.137. The van der Waals surface area contributed by atoms with Crippen LogP contribution in [0.4, 0.5) is 4.39 Å². The zero-order valence-electron chi connectivity index (χ0n) is 11.0. The molecule has 0 bridgehead atoms.